The number of halogens is 1. The van der Waals surface area contributed by atoms with Gasteiger partial charge in [-0.15, -0.1) is 0 Å². The van der Waals surface area contributed by atoms with Crippen molar-refractivity contribution >= 4 is 6.39 Å². The second kappa shape index (κ2) is 5.87. The molecule has 1 aromatic carbocycles. The SMILES string of the molecule is [2H]C(=O)N[C@@]1(c2ccc(F)cc2)CCCCC12OCC(C)(C)CO2. The van der Waals surface area contributed by atoms with Gasteiger partial charge in [0, 0.05) is 11.8 Å². The first-order valence-corrected chi connectivity index (χ1v) is 8.11. The van der Waals surface area contributed by atoms with Crippen molar-refractivity contribution in [1.82, 2.24) is 5.32 Å². The lowest BCUT2D eigenvalue weighted by atomic mass is 9.70. The maximum Gasteiger partial charge on any atom is 0.207 e. The summed E-state index contributed by atoms with van der Waals surface area (Å²) < 4.78 is 33.3. The van der Waals surface area contributed by atoms with Crippen LogP contribution in [0.2, 0.25) is 0 Å². The molecule has 0 aromatic heterocycles. The van der Waals surface area contributed by atoms with Gasteiger partial charge in [0.05, 0.1) is 13.2 Å². The Hall–Kier alpha value is -1.46. The maximum atomic E-state index is 13.4. The molecule has 1 saturated carbocycles. The minimum Gasteiger partial charge on any atom is -0.347 e. The number of hydrogen-bond acceptors (Lipinski definition) is 3. The summed E-state index contributed by atoms with van der Waals surface area (Å²) in [6, 6.07) is 6.01. The Bertz CT molecular complexity index is 609. The van der Waals surface area contributed by atoms with Gasteiger partial charge in [-0.05, 0) is 30.5 Å². The minimum atomic E-state index is -1.02. The standard InChI is InChI=1S/C18H24FNO3/c1-16(2)11-22-18(23-12-16)10-4-3-9-17(18,20-13-21)14-5-7-15(19)8-6-14/h5-8,13H,3-4,9-12H2,1-2H3,(H,20,21)/t17-/m1/s1/i13D. The van der Waals surface area contributed by atoms with E-state index in [0.29, 0.717) is 31.6 Å². The molecule has 1 N–H and O–H groups in total. The topological polar surface area (TPSA) is 47.6 Å². The number of carbonyl (C=O) groups excluding carboxylic acids is 1. The number of rotatable bonds is 2. The molecule has 1 amide bonds. The molecule has 1 spiro atoms. The summed E-state index contributed by atoms with van der Waals surface area (Å²) in [6.07, 6.45) is 2.11. The Balaban J connectivity index is 2.07. The smallest absolute Gasteiger partial charge is 0.207 e. The van der Waals surface area contributed by atoms with Crippen LogP contribution < -0.4 is 5.32 Å². The summed E-state index contributed by atoms with van der Waals surface area (Å²) >= 11 is 0. The van der Waals surface area contributed by atoms with Gasteiger partial charge < -0.3 is 14.8 Å². The summed E-state index contributed by atoms with van der Waals surface area (Å²) in [5.74, 6) is -1.36. The molecule has 5 heteroatoms. The fourth-order valence-corrected chi connectivity index (χ4v) is 3.67. The van der Waals surface area contributed by atoms with Gasteiger partial charge >= 0.3 is 0 Å². The van der Waals surface area contributed by atoms with Gasteiger partial charge in [-0.2, -0.15) is 0 Å². The molecule has 23 heavy (non-hydrogen) atoms. The van der Waals surface area contributed by atoms with Crippen LogP contribution in [-0.2, 0) is 19.8 Å². The van der Waals surface area contributed by atoms with Crippen molar-refractivity contribution in [2.24, 2.45) is 5.41 Å². The van der Waals surface area contributed by atoms with Gasteiger partial charge in [-0.1, -0.05) is 32.4 Å². The zero-order valence-electron chi connectivity index (χ0n) is 14.7. The van der Waals surface area contributed by atoms with Gasteiger partial charge in [0.25, 0.3) is 0 Å². The minimum absolute atomic E-state index is 0.109. The molecule has 0 bridgehead atoms. The van der Waals surface area contributed by atoms with Crippen LogP contribution in [0, 0.1) is 11.2 Å². The zero-order chi connectivity index (χ0) is 17.4. The van der Waals surface area contributed by atoms with E-state index in [9.17, 15) is 9.18 Å². The third-order valence-corrected chi connectivity index (χ3v) is 4.95. The van der Waals surface area contributed by atoms with Crippen LogP contribution in [0.3, 0.4) is 0 Å². The van der Waals surface area contributed by atoms with E-state index in [1.807, 2.05) is 0 Å². The Morgan fingerprint density at radius 2 is 1.78 bits per heavy atom. The highest BCUT2D eigenvalue weighted by atomic mass is 19.1. The van der Waals surface area contributed by atoms with Crippen LogP contribution in [0.25, 0.3) is 0 Å². The van der Waals surface area contributed by atoms with Crippen LogP contribution in [0.5, 0.6) is 0 Å². The molecule has 2 aliphatic rings. The molecule has 1 aliphatic heterocycles. The average Bonchev–Trinajstić information content (AvgIpc) is 2.52. The number of carbonyl (C=O) groups is 1. The third kappa shape index (κ3) is 2.76. The highest BCUT2D eigenvalue weighted by molar-refractivity contribution is 5.51. The maximum absolute atomic E-state index is 13.4. The Morgan fingerprint density at radius 3 is 2.39 bits per heavy atom. The first kappa shape index (κ1) is 15.1. The summed E-state index contributed by atoms with van der Waals surface area (Å²) in [5.41, 5.74) is -0.375. The molecular formula is C18H24FNO3. The first-order valence-electron chi connectivity index (χ1n) is 8.61. The molecular weight excluding hydrogens is 297 g/mol. The van der Waals surface area contributed by atoms with Gasteiger partial charge in [-0.25, -0.2) is 4.39 Å². The molecule has 2 fully saturated rings. The fourth-order valence-electron chi connectivity index (χ4n) is 3.67. The van der Waals surface area contributed by atoms with Crippen LogP contribution in [0.15, 0.2) is 24.3 Å². The van der Waals surface area contributed by atoms with Crippen molar-refractivity contribution in [1.29, 1.82) is 0 Å². The van der Waals surface area contributed by atoms with E-state index < -0.39 is 17.7 Å². The van der Waals surface area contributed by atoms with E-state index in [4.69, 9.17) is 10.8 Å². The van der Waals surface area contributed by atoms with Crippen molar-refractivity contribution in [2.45, 2.75) is 50.9 Å². The van der Waals surface area contributed by atoms with Crippen molar-refractivity contribution in [3.05, 3.63) is 35.6 Å². The molecule has 1 heterocycles. The molecule has 0 radical (unpaired) electrons. The number of hydrogen-bond donors (Lipinski definition) is 1. The quantitative estimate of drug-likeness (QED) is 0.851. The lowest BCUT2D eigenvalue weighted by Crippen LogP contribution is -2.67. The molecule has 126 valence electrons. The normalized spacial score (nSPS) is 29.8. The molecule has 0 unspecified atom stereocenters. The van der Waals surface area contributed by atoms with Crippen molar-refractivity contribution < 1.29 is 20.0 Å². The predicted octanol–water partition coefficient (Wildman–Crippen LogP) is 3.11. The summed E-state index contributed by atoms with van der Waals surface area (Å²) in [4.78, 5) is 11.7. The Morgan fingerprint density at radius 1 is 1.17 bits per heavy atom. The van der Waals surface area contributed by atoms with Gasteiger partial charge in [0.1, 0.15) is 12.7 Å². The van der Waals surface area contributed by atoms with Crippen molar-refractivity contribution in [3.8, 4) is 0 Å². The van der Waals surface area contributed by atoms with Crippen molar-refractivity contribution in [2.75, 3.05) is 13.2 Å². The summed E-state index contributed by atoms with van der Waals surface area (Å²) in [7, 11) is 0. The van der Waals surface area contributed by atoms with Crippen LogP contribution in [0.4, 0.5) is 4.39 Å². The predicted molar refractivity (Wildman–Crippen MR) is 84.2 cm³/mol. The average molecular weight is 322 g/mol. The molecule has 1 saturated heterocycles. The van der Waals surface area contributed by atoms with E-state index >= 15 is 0 Å². The lowest BCUT2D eigenvalue weighted by molar-refractivity contribution is -0.344. The monoisotopic (exact) mass is 322 g/mol. The van der Waals surface area contributed by atoms with E-state index in [0.717, 1.165) is 12.8 Å². The van der Waals surface area contributed by atoms with Crippen molar-refractivity contribution in [3.63, 3.8) is 0 Å². The fraction of sp³-hybridized carbons (Fsp3) is 0.611. The van der Waals surface area contributed by atoms with Gasteiger partial charge in [0.2, 0.25) is 6.39 Å². The number of ether oxygens (including phenoxy) is 2. The van der Waals surface area contributed by atoms with E-state index in [1.165, 1.54) is 12.1 Å². The Labute approximate surface area is 137 Å². The number of benzene rings is 1. The van der Waals surface area contributed by atoms with Gasteiger partial charge in [-0.3, -0.25) is 4.79 Å². The lowest BCUT2D eigenvalue weighted by Gasteiger charge is -2.56. The highest BCUT2D eigenvalue weighted by Crippen LogP contribution is 2.50. The highest BCUT2D eigenvalue weighted by Gasteiger charge is 2.58. The first-order chi connectivity index (χ1) is 11.3. The zero-order valence-corrected chi connectivity index (χ0v) is 13.7. The molecule has 4 nitrogen and oxygen atoms in total. The van der Waals surface area contributed by atoms with E-state index in [2.05, 4.69) is 19.2 Å². The molecule has 3 rings (SSSR count). The molecule has 1 atom stereocenters. The van der Waals surface area contributed by atoms with Crippen LogP contribution in [-0.4, -0.2) is 25.4 Å². The number of amides is 1. The summed E-state index contributed by atoms with van der Waals surface area (Å²) in [6.45, 7) is 5.13. The second-order valence-corrected chi connectivity index (χ2v) is 7.34. The number of nitrogens with one attached hydrogen (secondary N) is 1. The molecule has 1 aromatic rings. The van der Waals surface area contributed by atoms with Gasteiger partial charge in [0.15, 0.2) is 5.79 Å². The molecule has 1 aliphatic carbocycles. The summed E-state index contributed by atoms with van der Waals surface area (Å²) in [5, 5.41) is 2.77. The Kier molecular flexibility index (Phi) is 3.85. The largest absolute Gasteiger partial charge is 0.347 e. The van der Waals surface area contributed by atoms with Crippen LogP contribution in [0.1, 0.15) is 46.5 Å². The van der Waals surface area contributed by atoms with E-state index in [-0.39, 0.29) is 11.2 Å². The second-order valence-electron chi connectivity index (χ2n) is 7.34. The third-order valence-electron chi connectivity index (χ3n) is 4.95. The van der Waals surface area contributed by atoms with E-state index in [1.54, 1.807) is 12.1 Å². The van der Waals surface area contributed by atoms with Crippen LogP contribution >= 0.6 is 0 Å².